The predicted molar refractivity (Wildman–Crippen MR) is 108 cm³/mol. The first-order valence-electron chi connectivity index (χ1n) is 9.86. The van der Waals surface area contributed by atoms with Gasteiger partial charge in [-0.2, -0.15) is 5.26 Å². The summed E-state index contributed by atoms with van der Waals surface area (Å²) in [5, 5.41) is 11.3. The second-order valence-electron chi connectivity index (χ2n) is 8.50. The lowest BCUT2D eigenvalue weighted by Gasteiger charge is -2.32. The van der Waals surface area contributed by atoms with Crippen molar-refractivity contribution in [1.82, 2.24) is 10.2 Å². The molecule has 0 saturated carbocycles. The van der Waals surface area contributed by atoms with Gasteiger partial charge in [0.25, 0.3) is 5.91 Å². The van der Waals surface area contributed by atoms with Gasteiger partial charge in [0.05, 0.1) is 6.07 Å². The summed E-state index contributed by atoms with van der Waals surface area (Å²) in [5.74, 6) is 0.869. The van der Waals surface area contributed by atoms with Gasteiger partial charge in [0, 0.05) is 19.6 Å². The van der Waals surface area contributed by atoms with Crippen LogP contribution in [0.5, 0.6) is 5.75 Å². The number of benzene rings is 1. The number of carbonyl (C=O) groups is 2. The molecule has 1 N–H and O–H groups in total. The summed E-state index contributed by atoms with van der Waals surface area (Å²) in [5.41, 5.74) is 2.22. The number of hydrogen-bond acceptors (Lipinski definition) is 4. The maximum absolute atomic E-state index is 12.6. The Morgan fingerprint density at radius 2 is 1.96 bits per heavy atom. The Labute approximate surface area is 167 Å². The fraction of sp³-hybridized carbons (Fsp3) is 0.591. The van der Waals surface area contributed by atoms with Gasteiger partial charge in [-0.25, -0.2) is 0 Å². The molecule has 1 aliphatic rings. The van der Waals surface area contributed by atoms with E-state index in [-0.39, 0.29) is 30.3 Å². The molecule has 0 unspecified atom stereocenters. The number of rotatable bonds is 6. The van der Waals surface area contributed by atoms with E-state index in [1.54, 1.807) is 0 Å². The molecule has 2 rings (SSSR count). The second-order valence-corrected chi connectivity index (χ2v) is 8.50. The van der Waals surface area contributed by atoms with Gasteiger partial charge in [-0.15, -0.1) is 0 Å². The van der Waals surface area contributed by atoms with Crippen molar-refractivity contribution in [3.8, 4) is 11.8 Å². The summed E-state index contributed by atoms with van der Waals surface area (Å²) >= 11 is 0. The molecule has 6 heteroatoms. The lowest BCUT2D eigenvalue weighted by atomic mass is 9.85. The Hall–Kier alpha value is -2.55. The van der Waals surface area contributed by atoms with Crippen molar-refractivity contribution in [2.24, 2.45) is 5.92 Å². The fourth-order valence-corrected chi connectivity index (χ4v) is 3.37. The molecular weight excluding hydrogens is 354 g/mol. The van der Waals surface area contributed by atoms with E-state index >= 15 is 0 Å². The van der Waals surface area contributed by atoms with Gasteiger partial charge >= 0.3 is 0 Å². The van der Waals surface area contributed by atoms with Crippen LogP contribution in [-0.2, 0) is 15.0 Å². The normalized spacial score (nSPS) is 15.0. The van der Waals surface area contributed by atoms with Crippen LogP contribution in [0.25, 0.3) is 0 Å². The number of nitrogens with one attached hydrogen (secondary N) is 1. The fourth-order valence-electron chi connectivity index (χ4n) is 3.37. The minimum atomic E-state index is -0.234. The van der Waals surface area contributed by atoms with Crippen LogP contribution in [0.3, 0.4) is 0 Å². The molecule has 152 valence electrons. The summed E-state index contributed by atoms with van der Waals surface area (Å²) in [6.07, 6.45) is 1.58. The van der Waals surface area contributed by atoms with Crippen molar-refractivity contribution >= 4 is 11.8 Å². The molecule has 2 amide bonds. The third-order valence-corrected chi connectivity index (χ3v) is 5.09. The third kappa shape index (κ3) is 6.26. The third-order valence-electron chi connectivity index (χ3n) is 5.09. The van der Waals surface area contributed by atoms with Gasteiger partial charge in [0.1, 0.15) is 12.2 Å². The zero-order valence-electron chi connectivity index (χ0n) is 17.4. The van der Waals surface area contributed by atoms with Crippen LogP contribution in [0.4, 0.5) is 0 Å². The van der Waals surface area contributed by atoms with Crippen LogP contribution in [-0.4, -0.2) is 43.0 Å². The Balaban J connectivity index is 1.83. The quantitative estimate of drug-likeness (QED) is 0.816. The molecule has 1 aliphatic heterocycles. The van der Waals surface area contributed by atoms with Crippen LogP contribution >= 0.6 is 0 Å². The van der Waals surface area contributed by atoms with Crippen molar-refractivity contribution < 1.29 is 14.3 Å². The summed E-state index contributed by atoms with van der Waals surface area (Å²) in [6, 6.07) is 7.90. The first kappa shape index (κ1) is 21.7. The van der Waals surface area contributed by atoms with Crippen molar-refractivity contribution in [2.75, 3.05) is 26.2 Å². The van der Waals surface area contributed by atoms with E-state index in [1.165, 1.54) is 5.56 Å². The predicted octanol–water partition coefficient (Wildman–Crippen LogP) is 2.94. The maximum atomic E-state index is 12.6. The Kier molecular flexibility index (Phi) is 7.45. The van der Waals surface area contributed by atoms with Crippen molar-refractivity contribution in [2.45, 2.75) is 52.4 Å². The minimum absolute atomic E-state index is 0.00704. The highest BCUT2D eigenvalue weighted by molar-refractivity contribution is 5.78. The Morgan fingerprint density at radius 1 is 1.29 bits per heavy atom. The van der Waals surface area contributed by atoms with Gasteiger partial charge in [-0.3, -0.25) is 9.59 Å². The van der Waals surface area contributed by atoms with E-state index in [4.69, 9.17) is 10.00 Å². The monoisotopic (exact) mass is 385 g/mol. The highest BCUT2D eigenvalue weighted by atomic mass is 16.5. The smallest absolute Gasteiger partial charge is 0.260 e. The van der Waals surface area contributed by atoms with Crippen LogP contribution in [0, 0.1) is 24.2 Å². The number of ether oxygens (including phenoxy) is 1. The largest absolute Gasteiger partial charge is 0.483 e. The number of hydrogen-bond donors (Lipinski definition) is 1. The molecule has 1 aromatic carbocycles. The van der Waals surface area contributed by atoms with Crippen LogP contribution < -0.4 is 10.1 Å². The number of carbonyl (C=O) groups excluding carboxylic acids is 2. The average molecular weight is 386 g/mol. The number of aryl methyl sites for hydroxylation is 1. The highest BCUT2D eigenvalue weighted by Gasteiger charge is 2.24. The average Bonchev–Trinajstić information content (AvgIpc) is 2.65. The molecule has 0 radical (unpaired) electrons. The van der Waals surface area contributed by atoms with Crippen LogP contribution in [0.1, 0.15) is 51.2 Å². The van der Waals surface area contributed by atoms with E-state index in [2.05, 4.69) is 39.1 Å². The van der Waals surface area contributed by atoms with Crippen molar-refractivity contribution in [3.05, 3.63) is 29.3 Å². The molecule has 28 heavy (non-hydrogen) atoms. The lowest BCUT2D eigenvalue weighted by molar-refractivity contribution is -0.135. The molecule has 0 bridgehead atoms. The van der Waals surface area contributed by atoms with E-state index < -0.39 is 0 Å². The summed E-state index contributed by atoms with van der Waals surface area (Å²) < 4.78 is 5.89. The van der Waals surface area contributed by atoms with Crippen molar-refractivity contribution in [1.29, 1.82) is 5.26 Å². The van der Waals surface area contributed by atoms with Crippen LogP contribution in [0.15, 0.2) is 18.2 Å². The van der Waals surface area contributed by atoms with Gasteiger partial charge in [0.2, 0.25) is 5.91 Å². The zero-order chi connectivity index (χ0) is 20.7. The van der Waals surface area contributed by atoms with E-state index in [9.17, 15) is 9.59 Å². The van der Waals surface area contributed by atoms with E-state index in [1.807, 2.05) is 23.1 Å². The summed E-state index contributed by atoms with van der Waals surface area (Å²) in [4.78, 5) is 25.8. The molecule has 0 atom stereocenters. The molecule has 0 aliphatic carbocycles. The summed E-state index contributed by atoms with van der Waals surface area (Å²) in [6.45, 7) is 10.4. The first-order valence-corrected chi connectivity index (χ1v) is 9.86. The number of nitriles is 1. The van der Waals surface area contributed by atoms with Gasteiger partial charge in [-0.05, 0) is 42.7 Å². The Bertz CT molecular complexity index is 738. The minimum Gasteiger partial charge on any atom is -0.483 e. The number of likely N-dealkylation sites (tertiary alicyclic amines) is 1. The number of nitrogens with zero attached hydrogens (tertiary/aromatic N) is 2. The van der Waals surface area contributed by atoms with Gasteiger partial charge < -0.3 is 15.0 Å². The summed E-state index contributed by atoms with van der Waals surface area (Å²) in [7, 11) is 0. The molecule has 0 aromatic heterocycles. The zero-order valence-corrected chi connectivity index (χ0v) is 17.4. The van der Waals surface area contributed by atoms with Gasteiger partial charge in [0.15, 0.2) is 6.61 Å². The number of piperidine rings is 1. The van der Waals surface area contributed by atoms with Gasteiger partial charge in [-0.1, -0.05) is 38.5 Å². The Morgan fingerprint density at radius 3 is 2.57 bits per heavy atom. The molecule has 6 nitrogen and oxygen atoms in total. The van der Waals surface area contributed by atoms with E-state index in [0.29, 0.717) is 25.6 Å². The van der Waals surface area contributed by atoms with Crippen LogP contribution in [0.2, 0.25) is 0 Å². The van der Waals surface area contributed by atoms with Crippen molar-refractivity contribution in [3.63, 3.8) is 0 Å². The topological polar surface area (TPSA) is 82.4 Å². The molecular formula is C22H31N3O3. The van der Waals surface area contributed by atoms with E-state index in [0.717, 1.165) is 24.2 Å². The molecule has 1 fully saturated rings. The second kappa shape index (κ2) is 9.59. The standard InChI is InChI=1S/C22H31N3O3/c1-16-5-6-19(18(13-16)22(2,3)4)28-15-21(27)25-11-8-17(9-12-25)14-24-20(26)7-10-23/h5-6,13,17H,7-9,11-12,14-15H2,1-4H3,(H,24,26). The lowest BCUT2D eigenvalue weighted by Crippen LogP contribution is -2.43. The first-order chi connectivity index (χ1) is 13.2. The highest BCUT2D eigenvalue weighted by Crippen LogP contribution is 2.32. The molecule has 1 aromatic rings. The molecule has 1 heterocycles. The SMILES string of the molecule is Cc1ccc(OCC(=O)N2CCC(CNC(=O)CC#N)CC2)c(C(C)(C)C)c1. The molecule has 1 saturated heterocycles. The molecule has 0 spiro atoms. The number of amides is 2. The maximum Gasteiger partial charge on any atom is 0.260 e.